The summed E-state index contributed by atoms with van der Waals surface area (Å²) >= 11 is 2.28. The fraction of sp³-hybridized carbons (Fsp3) is 0.316. The maximum absolute atomic E-state index is 13.1. The maximum Gasteiger partial charge on any atom is 0.269 e. The first-order valence-electron chi connectivity index (χ1n) is 9.69. The number of rotatable bonds is 6. The average molecular weight is 494 g/mol. The van der Waals surface area contributed by atoms with Crippen LogP contribution in [0.25, 0.3) is 11.0 Å². The lowest BCUT2D eigenvalue weighted by atomic mass is 10.3. The van der Waals surface area contributed by atoms with Gasteiger partial charge in [-0.15, -0.1) is 11.8 Å². The van der Waals surface area contributed by atoms with E-state index in [1.54, 1.807) is 36.1 Å². The van der Waals surface area contributed by atoms with Crippen LogP contribution in [-0.2, 0) is 14.8 Å². The number of fused-ring (bicyclic) bond motifs is 1. The van der Waals surface area contributed by atoms with Crippen molar-refractivity contribution in [1.82, 2.24) is 18.0 Å². The standard InChI is InChI=1S/C19H19N5O5S3/c1-13(30-15-7-5-14(6-8-15)24(26)27)19(25)22-9-11-23(12-10-22)32(28,29)17-4-2-3-16-18(17)21-31-20-16/h2-8,13H,9-12H2,1H3. The van der Waals surface area contributed by atoms with Gasteiger partial charge in [-0.25, -0.2) is 8.42 Å². The molecule has 1 aliphatic rings. The highest BCUT2D eigenvalue weighted by molar-refractivity contribution is 8.00. The maximum atomic E-state index is 13.1. The molecule has 32 heavy (non-hydrogen) atoms. The average Bonchev–Trinajstić information content (AvgIpc) is 3.28. The highest BCUT2D eigenvalue weighted by atomic mass is 32.2. The molecule has 3 aromatic rings. The molecule has 4 rings (SSSR count). The Balaban J connectivity index is 1.39. The van der Waals surface area contributed by atoms with Crippen LogP contribution in [-0.4, -0.2) is 68.6 Å². The molecule has 2 heterocycles. The molecule has 1 atom stereocenters. The lowest BCUT2D eigenvalue weighted by Gasteiger charge is -2.35. The first-order valence-corrected chi connectivity index (χ1v) is 12.7. The van der Waals surface area contributed by atoms with Crippen molar-refractivity contribution in [1.29, 1.82) is 0 Å². The summed E-state index contributed by atoms with van der Waals surface area (Å²) in [6, 6.07) is 10.9. The van der Waals surface area contributed by atoms with E-state index in [-0.39, 0.29) is 42.7 Å². The summed E-state index contributed by atoms with van der Waals surface area (Å²) in [6.45, 7) is 2.73. The van der Waals surface area contributed by atoms with E-state index in [0.29, 0.717) is 11.0 Å². The van der Waals surface area contributed by atoms with Gasteiger partial charge in [-0.1, -0.05) is 6.07 Å². The van der Waals surface area contributed by atoms with Crippen molar-refractivity contribution in [3.63, 3.8) is 0 Å². The van der Waals surface area contributed by atoms with E-state index in [1.807, 2.05) is 0 Å². The summed E-state index contributed by atoms with van der Waals surface area (Å²) in [6.07, 6.45) is 0. The van der Waals surface area contributed by atoms with E-state index < -0.39 is 20.2 Å². The van der Waals surface area contributed by atoms with Gasteiger partial charge in [0.05, 0.1) is 21.9 Å². The zero-order valence-electron chi connectivity index (χ0n) is 16.9. The van der Waals surface area contributed by atoms with Gasteiger partial charge in [-0.3, -0.25) is 14.9 Å². The third kappa shape index (κ3) is 4.46. The second-order valence-electron chi connectivity index (χ2n) is 7.13. The van der Waals surface area contributed by atoms with Gasteiger partial charge in [0.2, 0.25) is 15.9 Å². The number of nitro benzene ring substituents is 1. The Labute approximate surface area is 192 Å². The van der Waals surface area contributed by atoms with Gasteiger partial charge in [0.1, 0.15) is 15.9 Å². The Bertz CT molecular complexity index is 1250. The third-order valence-corrected chi connectivity index (χ3v) is 8.70. The molecule has 0 aliphatic carbocycles. The van der Waals surface area contributed by atoms with E-state index in [1.165, 1.54) is 34.3 Å². The topological polar surface area (TPSA) is 127 Å². The molecule has 1 aliphatic heterocycles. The molecule has 1 fully saturated rings. The minimum Gasteiger partial charge on any atom is -0.339 e. The van der Waals surface area contributed by atoms with Gasteiger partial charge in [-0.05, 0) is 31.2 Å². The number of amides is 1. The van der Waals surface area contributed by atoms with Crippen molar-refractivity contribution in [3.05, 3.63) is 52.6 Å². The van der Waals surface area contributed by atoms with Gasteiger partial charge < -0.3 is 4.90 Å². The number of thioether (sulfide) groups is 1. The van der Waals surface area contributed by atoms with Gasteiger partial charge in [-0.2, -0.15) is 13.1 Å². The highest BCUT2D eigenvalue weighted by Gasteiger charge is 2.33. The van der Waals surface area contributed by atoms with Crippen LogP contribution in [0.3, 0.4) is 0 Å². The number of non-ortho nitro benzene ring substituents is 1. The van der Waals surface area contributed by atoms with Gasteiger partial charge in [0, 0.05) is 43.2 Å². The lowest BCUT2D eigenvalue weighted by molar-refractivity contribution is -0.384. The monoisotopic (exact) mass is 493 g/mol. The van der Waals surface area contributed by atoms with Crippen LogP contribution in [0.4, 0.5) is 5.69 Å². The van der Waals surface area contributed by atoms with Crippen LogP contribution in [0.2, 0.25) is 0 Å². The molecule has 13 heteroatoms. The number of carbonyl (C=O) groups is 1. The Morgan fingerprint density at radius 2 is 1.81 bits per heavy atom. The normalized spacial score (nSPS) is 16.2. The Hall–Kier alpha value is -2.61. The predicted molar refractivity (Wildman–Crippen MR) is 121 cm³/mol. The summed E-state index contributed by atoms with van der Waals surface area (Å²) in [5, 5.41) is 10.4. The van der Waals surface area contributed by atoms with E-state index in [0.717, 1.165) is 16.6 Å². The third-order valence-electron chi connectivity index (χ3n) is 5.13. The molecule has 1 aromatic heterocycles. The number of aromatic nitrogens is 2. The number of carbonyl (C=O) groups excluding carboxylic acids is 1. The van der Waals surface area contributed by atoms with Crippen LogP contribution >= 0.6 is 23.5 Å². The smallest absolute Gasteiger partial charge is 0.269 e. The molecule has 1 saturated heterocycles. The Morgan fingerprint density at radius 1 is 1.12 bits per heavy atom. The summed E-state index contributed by atoms with van der Waals surface area (Å²) in [7, 11) is -3.75. The quantitative estimate of drug-likeness (QED) is 0.291. The van der Waals surface area contributed by atoms with Gasteiger partial charge >= 0.3 is 0 Å². The molecule has 0 bridgehead atoms. The lowest BCUT2D eigenvalue weighted by Crippen LogP contribution is -2.52. The minimum atomic E-state index is -3.75. The molecule has 1 unspecified atom stereocenters. The van der Waals surface area contributed by atoms with Crippen LogP contribution in [0.5, 0.6) is 0 Å². The zero-order chi connectivity index (χ0) is 22.9. The van der Waals surface area contributed by atoms with E-state index in [2.05, 4.69) is 8.75 Å². The Kier molecular flexibility index (Phi) is 6.42. The second kappa shape index (κ2) is 9.10. The van der Waals surface area contributed by atoms with Gasteiger partial charge in [0.15, 0.2) is 0 Å². The molecule has 0 N–H and O–H groups in total. The van der Waals surface area contributed by atoms with Crippen LogP contribution in [0.1, 0.15) is 6.92 Å². The summed E-state index contributed by atoms with van der Waals surface area (Å²) in [5.41, 5.74) is 0.904. The van der Waals surface area contributed by atoms with E-state index in [9.17, 15) is 23.3 Å². The van der Waals surface area contributed by atoms with Crippen molar-refractivity contribution in [3.8, 4) is 0 Å². The number of hydrogen-bond acceptors (Lipinski definition) is 9. The van der Waals surface area contributed by atoms with E-state index in [4.69, 9.17) is 0 Å². The number of hydrogen-bond donors (Lipinski definition) is 0. The van der Waals surface area contributed by atoms with Crippen LogP contribution < -0.4 is 0 Å². The molecular weight excluding hydrogens is 474 g/mol. The van der Waals surface area contributed by atoms with Crippen molar-refractivity contribution in [2.45, 2.75) is 22.0 Å². The highest BCUT2D eigenvalue weighted by Crippen LogP contribution is 2.28. The molecule has 0 spiro atoms. The first kappa shape index (κ1) is 22.6. The summed E-state index contributed by atoms with van der Waals surface area (Å²) < 4.78 is 35.9. The van der Waals surface area contributed by atoms with Crippen LogP contribution in [0, 0.1) is 10.1 Å². The second-order valence-corrected chi connectivity index (χ2v) is 11.0. The SMILES string of the molecule is CC(Sc1ccc([N+](=O)[O-])cc1)C(=O)N1CCN(S(=O)(=O)c2cccc3nsnc23)CC1. The molecule has 168 valence electrons. The first-order chi connectivity index (χ1) is 15.3. The van der Waals surface area contributed by atoms with Crippen molar-refractivity contribution in [2.75, 3.05) is 26.2 Å². The van der Waals surface area contributed by atoms with Gasteiger partial charge in [0.25, 0.3) is 5.69 Å². The molecule has 0 saturated carbocycles. The number of nitro groups is 1. The fourth-order valence-corrected chi connectivity index (χ4v) is 6.56. The van der Waals surface area contributed by atoms with Crippen molar-refractivity contribution in [2.24, 2.45) is 0 Å². The Morgan fingerprint density at radius 3 is 2.47 bits per heavy atom. The molecule has 1 amide bonds. The van der Waals surface area contributed by atoms with Crippen molar-refractivity contribution < 1.29 is 18.1 Å². The number of sulfonamides is 1. The minimum absolute atomic E-state index is 0.00483. The molecule has 2 aromatic carbocycles. The molecular formula is C19H19N5O5S3. The molecule has 10 nitrogen and oxygen atoms in total. The summed E-state index contributed by atoms with van der Waals surface area (Å²) in [4.78, 5) is 25.7. The van der Waals surface area contributed by atoms with E-state index >= 15 is 0 Å². The predicted octanol–water partition coefficient (Wildman–Crippen LogP) is 2.61. The van der Waals surface area contributed by atoms with Crippen LogP contribution in [0.15, 0.2) is 52.3 Å². The number of nitrogens with zero attached hydrogens (tertiary/aromatic N) is 5. The molecule has 0 radical (unpaired) electrons. The number of piperazine rings is 1. The number of benzene rings is 2. The zero-order valence-corrected chi connectivity index (χ0v) is 19.4. The fourth-order valence-electron chi connectivity index (χ4n) is 3.44. The largest absolute Gasteiger partial charge is 0.339 e. The van der Waals surface area contributed by atoms with Crippen molar-refractivity contribution >= 4 is 56.1 Å². The summed E-state index contributed by atoms with van der Waals surface area (Å²) in [5.74, 6) is -0.101.